The van der Waals surface area contributed by atoms with E-state index in [0.717, 1.165) is 30.0 Å². The van der Waals surface area contributed by atoms with E-state index in [9.17, 15) is 0 Å². The van der Waals surface area contributed by atoms with Crippen molar-refractivity contribution in [2.45, 2.75) is 33.2 Å². The van der Waals surface area contributed by atoms with Gasteiger partial charge in [0.25, 0.3) is 0 Å². The van der Waals surface area contributed by atoms with Gasteiger partial charge in [0, 0.05) is 10.0 Å². The number of nitrogens with zero attached hydrogens (tertiary/aromatic N) is 3. The molecule has 0 bridgehead atoms. The molecule has 20 heavy (non-hydrogen) atoms. The van der Waals surface area contributed by atoms with E-state index in [1.54, 1.807) is 10.7 Å². The van der Waals surface area contributed by atoms with Crippen LogP contribution in [0.1, 0.15) is 37.7 Å². The highest BCUT2D eigenvalue weighted by Crippen LogP contribution is 2.24. The van der Waals surface area contributed by atoms with Crippen LogP contribution in [-0.4, -0.2) is 21.5 Å². The predicted molar refractivity (Wildman–Crippen MR) is 82.8 cm³/mol. The molecule has 1 aromatic heterocycles. The number of aromatic nitrogens is 3. The van der Waals surface area contributed by atoms with E-state index in [0.29, 0.717) is 10.0 Å². The van der Waals surface area contributed by atoms with Crippen LogP contribution in [0.4, 0.5) is 0 Å². The van der Waals surface area contributed by atoms with Gasteiger partial charge in [-0.2, -0.15) is 0 Å². The lowest BCUT2D eigenvalue weighted by Crippen LogP contribution is -2.20. The summed E-state index contributed by atoms with van der Waals surface area (Å²) in [4.78, 5) is 0. The van der Waals surface area contributed by atoms with Crippen LogP contribution in [0.25, 0.3) is 5.69 Å². The molecule has 0 aliphatic rings. The molecule has 0 spiro atoms. The molecule has 0 radical (unpaired) electrons. The van der Waals surface area contributed by atoms with Crippen LogP contribution in [0.5, 0.6) is 0 Å². The van der Waals surface area contributed by atoms with E-state index in [1.165, 1.54) is 0 Å². The maximum Gasteiger partial charge on any atom is 0.103 e. The Morgan fingerprint density at radius 1 is 1.25 bits per heavy atom. The maximum absolute atomic E-state index is 6.03. The van der Waals surface area contributed by atoms with Crippen molar-refractivity contribution >= 4 is 23.2 Å². The molecule has 2 rings (SSSR count). The van der Waals surface area contributed by atoms with Gasteiger partial charge in [-0.15, -0.1) is 5.10 Å². The Morgan fingerprint density at radius 2 is 1.90 bits per heavy atom. The summed E-state index contributed by atoms with van der Waals surface area (Å²) < 4.78 is 1.76. The molecule has 0 aliphatic carbocycles. The van der Waals surface area contributed by atoms with Crippen molar-refractivity contribution in [1.29, 1.82) is 0 Å². The Labute approximate surface area is 129 Å². The molecule has 0 fully saturated rings. The second-order valence-electron chi connectivity index (χ2n) is 4.78. The summed E-state index contributed by atoms with van der Waals surface area (Å²) in [5.74, 6) is 0. The number of hydrogen-bond acceptors (Lipinski definition) is 3. The van der Waals surface area contributed by atoms with E-state index < -0.39 is 0 Å². The third kappa shape index (κ3) is 3.32. The lowest BCUT2D eigenvalue weighted by Gasteiger charge is -2.11. The van der Waals surface area contributed by atoms with E-state index in [-0.39, 0.29) is 6.04 Å². The van der Waals surface area contributed by atoms with Crippen molar-refractivity contribution in [1.82, 2.24) is 20.3 Å². The first kappa shape index (κ1) is 15.3. The van der Waals surface area contributed by atoms with Crippen LogP contribution in [0, 0.1) is 6.92 Å². The van der Waals surface area contributed by atoms with Crippen LogP contribution in [-0.2, 0) is 0 Å². The van der Waals surface area contributed by atoms with Crippen molar-refractivity contribution < 1.29 is 0 Å². The molecule has 1 atom stereocenters. The van der Waals surface area contributed by atoms with Crippen molar-refractivity contribution in [3.05, 3.63) is 39.6 Å². The van der Waals surface area contributed by atoms with Gasteiger partial charge >= 0.3 is 0 Å². The second kappa shape index (κ2) is 6.57. The van der Waals surface area contributed by atoms with Gasteiger partial charge in [0.05, 0.1) is 17.4 Å². The standard InChI is InChI=1S/C14H18Cl2N4/c1-4-5-17-9(2)14-10(3)20(19-18-14)13-7-11(15)6-12(16)8-13/h6-9,17H,4-5H2,1-3H3. The fourth-order valence-corrected chi connectivity index (χ4v) is 2.62. The van der Waals surface area contributed by atoms with Crippen LogP contribution >= 0.6 is 23.2 Å². The topological polar surface area (TPSA) is 42.7 Å². The van der Waals surface area contributed by atoms with Gasteiger partial charge in [0.1, 0.15) is 5.69 Å². The van der Waals surface area contributed by atoms with Crippen LogP contribution in [0.3, 0.4) is 0 Å². The monoisotopic (exact) mass is 312 g/mol. The quantitative estimate of drug-likeness (QED) is 0.909. The summed E-state index contributed by atoms with van der Waals surface area (Å²) in [7, 11) is 0. The first-order valence-corrected chi connectivity index (χ1v) is 7.40. The van der Waals surface area contributed by atoms with Gasteiger partial charge in [-0.25, -0.2) is 4.68 Å². The van der Waals surface area contributed by atoms with E-state index >= 15 is 0 Å². The van der Waals surface area contributed by atoms with Gasteiger partial charge in [0.15, 0.2) is 0 Å². The highest BCUT2D eigenvalue weighted by molar-refractivity contribution is 6.34. The second-order valence-corrected chi connectivity index (χ2v) is 5.65. The zero-order chi connectivity index (χ0) is 14.7. The molecule has 1 unspecified atom stereocenters. The summed E-state index contributed by atoms with van der Waals surface area (Å²) in [6.07, 6.45) is 1.08. The van der Waals surface area contributed by atoms with E-state index in [1.807, 2.05) is 19.1 Å². The molecule has 0 amide bonds. The fourth-order valence-electron chi connectivity index (χ4n) is 2.11. The third-order valence-electron chi connectivity index (χ3n) is 3.13. The van der Waals surface area contributed by atoms with Gasteiger partial charge in [0.2, 0.25) is 0 Å². The molecule has 6 heteroatoms. The van der Waals surface area contributed by atoms with Gasteiger partial charge in [-0.05, 0) is 45.0 Å². The van der Waals surface area contributed by atoms with E-state index in [4.69, 9.17) is 23.2 Å². The summed E-state index contributed by atoms with van der Waals surface area (Å²) in [6, 6.07) is 5.51. The molecule has 1 heterocycles. The number of benzene rings is 1. The third-order valence-corrected chi connectivity index (χ3v) is 3.57. The molecule has 0 saturated carbocycles. The molecule has 4 nitrogen and oxygen atoms in total. The summed E-state index contributed by atoms with van der Waals surface area (Å²) >= 11 is 12.1. The van der Waals surface area contributed by atoms with Gasteiger partial charge < -0.3 is 5.32 Å². The Balaban J connectivity index is 2.32. The maximum atomic E-state index is 6.03. The fraction of sp³-hybridized carbons (Fsp3) is 0.429. The van der Waals surface area contributed by atoms with Crippen molar-refractivity contribution in [2.75, 3.05) is 6.54 Å². The Kier molecular flexibility index (Phi) is 5.02. The van der Waals surface area contributed by atoms with E-state index in [2.05, 4.69) is 29.5 Å². The molecule has 1 N–H and O–H groups in total. The predicted octanol–water partition coefficient (Wildman–Crippen LogP) is 3.94. The lowest BCUT2D eigenvalue weighted by molar-refractivity contribution is 0.555. The lowest BCUT2D eigenvalue weighted by atomic mass is 10.2. The Hall–Kier alpha value is -1.10. The first-order valence-electron chi connectivity index (χ1n) is 6.65. The zero-order valence-corrected chi connectivity index (χ0v) is 13.3. The normalized spacial score (nSPS) is 12.7. The van der Waals surface area contributed by atoms with Crippen LogP contribution in [0.15, 0.2) is 18.2 Å². The SMILES string of the molecule is CCCNC(C)c1nnn(-c2cc(Cl)cc(Cl)c2)c1C. The highest BCUT2D eigenvalue weighted by atomic mass is 35.5. The minimum Gasteiger partial charge on any atom is -0.309 e. The minimum absolute atomic E-state index is 0.165. The minimum atomic E-state index is 0.165. The molecule has 108 valence electrons. The molecule has 0 saturated heterocycles. The van der Waals surface area contributed by atoms with Gasteiger partial charge in [-0.3, -0.25) is 0 Å². The Bertz CT molecular complexity index is 575. The average molecular weight is 313 g/mol. The largest absolute Gasteiger partial charge is 0.309 e. The highest BCUT2D eigenvalue weighted by Gasteiger charge is 2.16. The Morgan fingerprint density at radius 3 is 2.50 bits per heavy atom. The van der Waals surface area contributed by atoms with Crippen molar-refractivity contribution in [3.63, 3.8) is 0 Å². The summed E-state index contributed by atoms with van der Waals surface area (Å²) in [5, 5.41) is 13.1. The first-order chi connectivity index (χ1) is 9.52. The number of nitrogens with one attached hydrogen (secondary N) is 1. The average Bonchev–Trinajstić information content (AvgIpc) is 2.76. The smallest absolute Gasteiger partial charge is 0.103 e. The zero-order valence-electron chi connectivity index (χ0n) is 11.8. The molecular formula is C14H18Cl2N4. The molecule has 0 aliphatic heterocycles. The number of rotatable bonds is 5. The van der Waals surface area contributed by atoms with Crippen molar-refractivity contribution in [3.8, 4) is 5.69 Å². The molecule has 1 aromatic carbocycles. The van der Waals surface area contributed by atoms with Crippen molar-refractivity contribution in [2.24, 2.45) is 0 Å². The summed E-state index contributed by atoms with van der Waals surface area (Å²) in [5.41, 5.74) is 2.75. The molecule has 2 aromatic rings. The summed E-state index contributed by atoms with van der Waals surface area (Å²) in [6.45, 7) is 7.17. The van der Waals surface area contributed by atoms with Gasteiger partial charge in [-0.1, -0.05) is 35.3 Å². The van der Waals surface area contributed by atoms with Crippen LogP contribution < -0.4 is 5.32 Å². The molecular weight excluding hydrogens is 295 g/mol. The van der Waals surface area contributed by atoms with Crippen LogP contribution in [0.2, 0.25) is 10.0 Å². The number of hydrogen-bond donors (Lipinski definition) is 1. The number of halogens is 2.